The minimum Gasteiger partial charge on any atom is -0.329 e. The molecule has 1 fully saturated rings. The molecule has 1 rings (SSSR count). The monoisotopic (exact) mass is 169 g/mol. The number of hydrogen-bond donors (Lipinski definition) is 1. The van der Waals surface area contributed by atoms with Crippen molar-refractivity contribution >= 4 is 0 Å². The predicted molar refractivity (Wildman–Crippen MR) is 52.1 cm³/mol. The Balaban J connectivity index is 2.44. The maximum Gasteiger partial charge on any atom is 0.0349 e. The molecule has 3 nitrogen and oxygen atoms in total. The Labute approximate surface area is 74.8 Å². The molecule has 1 unspecified atom stereocenters. The third-order valence-electron chi connectivity index (χ3n) is 2.44. The first-order chi connectivity index (χ1) is 5.77. The molecule has 0 aromatic heterocycles. The minimum atomic E-state index is 0.516. The van der Waals surface area contributed by atoms with E-state index in [9.17, 15) is 0 Å². The summed E-state index contributed by atoms with van der Waals surface area (Å²) in [6, 6.07) is 0.516. The van der Waals surface area contributed by atoms with Crippen LogP contribution in [0.15, 0.2) is 12.7 Å². The lowest BCUT2D eigenvalue weighted by Gasteiger charge is -2.38. The summed E-state index contributed by atoms with van der Waals surface area (Å²) in [6.07, 6.45) is 1.95. The highest BCUT2D eigenvalue weighted by Gasteiger charge is 2.22. The molecule has 1 heterocycles. The molecule has 0 saturated carbocycles. The van der Waals surface area contributed by atoms with E-state index >= 15 is 0 Å². The van der Waals surface area contributed by atoms with Crippen LogP contribution < -0.4 is 5.73 Å². The molecule has 0 radical (unpaired) electrons. The molecule has 70 valence electrons. The number of likely N-dealkylation sites (N-methyl/N-ethyl adjacent to an activating group) is 1. The first-order valence-corrected chi connectivity index (χ1v) is 4.51. The topological polar surface area (TPSA) is 32.5 Å². The molecule has 0 bridgehead atoms. The van der Waals surface area contributed by atoms with Crippen molar-refractivity contribution in [3.05, 3.63) is 12.7 Å². The quantitative estimate of drug-likeness (QED) is 0.591. The molecular formula is C9H19N3. The van der Waals surface area contributed by atoms with E-state index < -0.39 is 0 Å². The molecule has 0 aromatic rings. The maximum atomic E-state index is 5.68. The van der Waals surface area contributed by atoms with Crippen LogP contribution in [-0.4, -0.2) is 55.6 Å². The van der Waals surface area contributed by atoms with E-state index in [1.807, 2.05) is 6.08 Å². The van der Waals surface area contributed by atoms with Crippen molar-refractivity contribution in [2.45, 2.75) is 6.04 Å². The van der Waals surface area contributed by atoms with Gasteiger partial charge in [0.05, 0.1) is 0 Å². The highest BCUT2D eigenvalue weighted by Crippen LogP contribution is 2.06. The van der Waals surface area contributed by atoms with Gasteiger partial charge in [0.1, 0.15) is 0 Å². The maximum absolute atomic E-state index is 5.68. The Morgan fingerprint density at radius 1 is 1.58 bits per heavy atom. The number of hydrogen-bond acceptors (Lipinski definition) is 3. The summed E-state index contributed by atoms with van der Waals surface area (Å²) in [4.78, 5) is 4.73. The third-order valence-corrected chi connectivity index (χ3v) is 2.44. The normalized spacial score (nSPS) is 27.3. The molecule has 1 aliphatic rings. The van der Waals surface area contributed by atoms with Crippen LogP contribution in [0.25, 0.3) is 0 Å². The molecule has 0 aromatic carbocycles. The summed E-state index contributed by atoms with van der Waals surface area (Å²) < 4.78 is 0. The molecule has 2 N–H and O–H groups in total. The van der Waals surface area contributed by atoms with E-state index in [2.05, 4.69) is 23.4 Å². The summed E-state index contributed by atoms with van der Waals surface area (Å²) in [5, 5.41) is 0. The van der Waals surface area contributed by atoms with E-state index in [4.69, 9.17) is 5.73 Å². The van der Waals surface area contributed by atoms with Crippen molar-refractivity contribution in [1.29, 1.82) is 0 Å². The molecule has 1 atom stereocenters. The van der Waals surface area contributed by atoms with Gasteiger partial charge in [-0.3, -0.25) is 4.90 Å². The average Bonchev–Trinajstić information content (AvgIpc) is 2.08. The van der Waals surface area contributed by atoms with Crippen molar-refractivity contribution in [2.75, 3.05) is 39.8 Å². The van der Waals surface area contributed by atoms with Gasteiger partial charge in [-0.2, -0.15) is 0 Å². The van der Waals surface area contributed by atoms with Crippen LogP contribution in [0.2, 0.25) is 0 Å². The SMILES string of the molecule is C=CCN1CCN(C)CC1CN. The van der Waals surface area contributed by atoms with Crippen LogP contribution in [0.1, 0.15) is 0 Å². The fraction of sp³-hybridized carbons (Fsp3) is 0.778. The second-order valence-electron chi connectivity index (χ2n) is 3.44. The second-order valence-corrected chi connectivity index (χ2v) is 3.44. The molecule has 12 heavy (non-hydrogen) atoms. The first-order valence-electron chi connectivity index (χ1n) is 4.51. The van der Waals surface area contributed by atoms with Crippen LogP contribution in [0.3, 0.4) is 0 Å². The van der Waals surface area contributed by atoms with Gasteiger partial charge in [0.2, 0.25) is 0 Å². The zero-order valence-corrected chi connectivity index (χ0v) is 7.87. The molecule has 3 heteroatoms. The highest BCUT2D eigenvalue weighted by atomic mass is 15.3. The third kappa shape index (κ3) is 2.30. The van der Waals surface area contributed by atoms with E-state index in [0.717, 1.165) is 32.7 Å². The van der Waals surface area contributed by atoms with Crippen molar-refractivity contribution in [3.63, 3.8) is 0 Å². The number of nitrogens with two attached hydrogens (primary N) is 1. The van der Waals surface area contributed by atoms with Gasteiger partial charge in [-0.05, 0) is 7.05 Å². The Hall–Kier alpha value is -0.380. The zero-order valence-electron chi connectivity index (χ0n) is 7.87. The van der Waals surface area contributed by atoms with Crippen LogP contribution >= 0.6 is 0 Å². The van der Waals surface area contributed by atoms with Gasteiger partial charge in [-0.1, -0.05) is 6.08 Å². The van der Waals surface area contributed by atoms with E-state index in [-0.39, 0.29) is 0 Å². The second kappa shape index (κ2) is 4.60. The van der Waals surface area contributed by atoms with E-state index in [0.29, 0.717) is 6.04 Å². The largest absolute Gasteiger partial charge is 0.329 e. The summed E-state index contributed by atoms with van der Waals surface area (Å²) in [5.41, 5.74) is 5.68. The first kappa shape index (κ1) is 9.71. The molecular weight excluding hydrogens is 150 g/mol. The number of rotatable bonds is 3. The number of piperazine rings is 1. The smallest absolute Gasteiger partial charge is 0.0349 e. The van der Waals surface area contributed by atoms with E-state index in [1.54, 1.807) is 0 Å². The standard InChI is InChI=1S/C9H19N3/c1-3-4-12-6-5-11(2)8-9(12)7-10/h3,9H,1,4-8,10H2,2H3. The van der Waals surface area contributed by atoms with E-state index in [1.165, 1.54) is 0 Å². The average molecular weight is 169 g/mol. The van der Waals surface area contributed by atoms with Crippen molar-refractivity contribution in [2.24, 2.45) is 5.73 Å². The molecule has 0 aliphatic carbocycles. The van der Waals surface area contributed by atoms with Gasteiger partial charge in [-0.15, -0.1) is 6.58 Å². The van der Waals surface area contributed by atoms with Crippen LogP contribution in [0.4, 0.5) is 0 Å². The molecule has 0 amide bonds. The summed E-state index contributed by atoms with van der Waals surface area (Å²) in [7, 11) is 2.15. The molecule has 0 spiro atoms. The lowest BCUT2D eigenvalue weighted by Crippen LogP contribution is -2.54. The fourth-order valence-corrected chi connectivity index (χ4v) is 1.68. The number of nitrogens with zero attached hydrogens (tertiary/aromatic N) is 2. The Bertz CT molecular complexity index is 147. The van der Waals surface area contributed by atoms with Crippen LogP contribution in [-0.2, 0) is 0 Å². The summed E-state index contributed by atoms with van der Waals surface area (Å²) in [6.45, 7) is 8.81. The molecule has 1 saturated heterocycles. The van der Waals surface area contributed by atoms with Gasteiger partial charge >= 0.3 is 0 Å². The predicted octanol–water partition coefficient (Wildman–Crippen LogP) is -0.253. The Morgan fingerprint density at radius 2 is 2.33 bits per heavy atom. The minimum absolute atomic E-state index is 0.516. The summed E-state index contributed by atoms with van der Waals surface area (Å²) in [5.74, 6) is 0. The van der Waals surface area contributed by atoms with Gasteiger partial charge in [0.15, 0.2) is 0 Å². The lowest BCUT2D eigenvalue weighted by atomic mass is 10.2. The van der Waals surface area contributed by atoms with Crippen molar-refractivity contribution in [1.82, 2.24) is 9.80 Å². The highest BCUT2D eigenvalue weighted by molar-refractivity contribution is 4.85. The van der Waals surface area contributed by atoms with Crippen molar-refractivity contribution in [3.8, 4) is 0 Å². The lowest BCUT2D eigenvalue weighted by molar-refractivity contribution is 0.106. The van der Waals surface area contributed by atoms with Gasteiger partial charge in [0, 0.05) is 38.8 Å². The van der Waals surface area contributed by atoms with Gasteiger partial charge in [0.25, 0.3) is 0 Å². The van der Waals surface area contributed by atoms with Crippen LogP contribution in [0, 0.1) is 0 Å². The fourth-order valence-electron chi connectivity index (χ4n) is 1.68. The summed E-state index contributed by atoms with van der Waals surface area (Å²) >= 11 is 0. The molecule has 1 aliphatic heterocycles. The Kier molecular flexibility index (Phi) is 3.72. The Morgan fingerprint density at radius 3 is 2.92 bits per heavy atom. The van der Waals surface area contributed by atoms with Gasteiger partial charge in [-0.25, -0.2) is 0 Å². The van der Waals surface area contributed by atoms with Gasteiger partial charge < -0.3 is 10.6 Å². The zero-order chi connectivity index (χ0) is 8.97. The van der Waals surface area contributed by atoms with Crippen molar-refractivity contribution < 1.29 is 0 Å². The van der Waals surface area contributed by atoms with Crippen LogP contribution in [0.5, 0.6) is 0 Å².